The van der Waals surface area contributed by atoms with Gasteiger partial charge in [0.15, 0.2) is 0 Å². The maximum atomic E-state index is 13.5. The fourth-order valence-corrected chi connectivity index (χ4v) is 2.22. The van der Waals surface area contributed by atoms with E-state index < -0.39 is 11.9 Å². The van der Waals surface area contributed by atoms with Crippen molar-refractivity contribution >= 4 is 15.9 Å². The molecule has 0 amide bonds. The van der Waals surface area contributed by atoms with Crippen LogP contribution in [0.1, 0.15) is 17.2 Å². The van der Waals surface area contributed by atoms with Crippen LogP contribution in [0, 0.1) is 5.82 Å². The Bertz CT molecular complexity index is 577. The second kappa shape index (κ2) is 6.12. The topological polar surface area (TPSA) is 42.4 Å². The molecule has 2 rings (SSSR count). The van der Waals surface area contributed by atoms with Crippen molar-refractivity contribution in [2.75, 3.05) is 7.11 Å². The van der Waals surface area contributed by atoms with Crippen LogP contribution in [-0.4, -0.2) is 17.2 Å². The average Bonchev–Trinajstić information content (AvgIpc) is 2.41. The summed E-state index contributed by atoms with van der Waals surface area (Å²) >= 11 is 3.41. The first-order chi connectivity index (χ1) is 9.11. The van der Waals surface area contributed by atoms with Crippen molar-refractivity contribution in [1.82, 2.24) is 4.98 Å². The first-order valence-corrected chi connectivity index (χ1v) is 6.51. The van der Waals surface area contributed by atoms with Crippen LogP contribution in [0.15, 0.2) is 41.1 Å². The molecule has 1 aromatic carbocycles. The maximum absolute atomic E-state index is 13.5. The summed E-state index contributed by atoms with van der Waals surface area (Å²) in [4.78, 5) is 3.66. The summed E-state index contributed by atoms with van der Waals surface area (Å²) in [5.74, 6) is 0.189. The van der Waals surface area contributed by atoms with Gasteiger partial charge in [0.2, 0.25) is 0 Å². The Hall–Kier alpha value is -1.46. The molecule has 0 fully saturated rings. The highest BCUT2D eigenvalue weighted by molar-refractivity contribution is 9.10. The lowest BCUT2D eigenvalue weighted by molar-refractivity contribution is 0.173. The van der Waals surface area contributed by atoms with Crippen molar-refractivity contribution in [3.8, 4) is 5.75 Å². The Balaban J connectivity index is 2.24. The van der Waals surface area contributed by atoms with Gasteiger partial charge in [0.1, 0.15) is 11.6 Å². The number of benzene rings is 1. The molecule has 0 radical (unpaired) electrons. The van der Waals surface area contributed by atoms with Crippen LogP contribution >= 0.6 is 15.9 Å². The fourth-order valence-electron chi connectivity index (χ4n) is 1.81. The smallest absolute Gasteiger partial charge is 0.147 e. The molecule has 1 N–H and O–H groups in total. The fraction of sp³-hybridized carbons (Fsp3) is 0.214. The monoisotopic (exact) mass is 325 g/mol. The average molecular weight is 326 g/mol. The molecule has 1 aromatic heterocycles. The molecule has 5 heteroatoms. The van der Waals surface area contributed by atoms with Gasteiger partial charge in [-0.1, -0.05) is 15.9 Å². The van der Waals surface area contributed by atoms with Crippen LogP contribution < -0.4 is 4.74 Å². The zero-order chi connectivity index (χ0) is 13.8. The van der Waals surface area contributed by atoms with Crippen molar-refractivity contribution in [2.24, 2.45) is 0 Å². The van der Waals surface area contributed by atoms with E-state index in [1.807, 2.05) is 18.2 Å². The Kier molecular flexibility index (Phi) is 4.50. The highest BCUT2D eigenvalue weighted by atomic mass is 79.9. The summed E-state index contributed by atoms with van der Waals surface area (Å²) in [5, 5.41) is 10.1. The van der Waals surface area contributed by atoms with Crippen molar-refractivity contribution < 1.29 is 14.2 Å². The molecule has 0 bridgehead atoms. The second-order valence-electron chi connectivity index (χ2n) is 4.07. The number of hydrogen-bond acceptors (Lipinski definition) is 3. The van der Waals surface area contributed by atoms with Crippen LogP contribution in [0.5, 0.6) is 5.75 Å². The molecule has 0 spiro atoms. The summed E-state index contributed by atoms with van der Waals surface area (Å²) in [6.45, 7) is 0. The summed E-state index contributed by atoms with van der Waals surface area (Å²) in [6, 6.07) is 6.94. The van der Waals surface area contributed by atoms with Crippen molar-refractivity contribution in [3.63, 3.8) is 0 Å². The minimum Gasteiger partial charge on any atom is -0.497 e. The second-order valence-corrected chi connectivity index (χ2v) is 4.93. The maximum Gasteiger partial charge on any atom is 0.147 e. The van der Waals surface area contributed by atoms with E-state index in [-0.39, 0.29) is 5.56 Å². The SMILES string of the molecule is COc1ccc(Br)c(CC(O)c2ccncc2F)c1. The molecule has 0 aliphatic heterocycles. The van der Waals surface area contributed by atoms with E-state index in [9.17, 15) is 9.50 Å². The van der Waals surface area contributed by atoms with Crippen molar-refractivity contribution in [2.45, 2.75) is 12.5 Å². The number of hydrogen-bond donors (Lipinski definition) is 1. The van der Waals surface area contributed by atoms with E-state index in [1.54, 1.807) is 7.11 Å². The van der Waals surface area contributed by atoms with Gasteiger partial charge in [0.25, 0.3) is 0 Å². The summed E-state index contributed by atoms with van der Waals surface area (Å²) in [5.41, 5.74) is 1.09. The quantitative estimate of drug-likeness (QED) is 0.938. The Labute approximate surface area is 119 Å². The number of nitrogens with zero attached hydrogens (tertiary/aromatic N) is 1. The first-order valence-electron chi connectivity index (χ1n) is 5.71. The van der Waals surface area contributed by atoms with E-state index in [0.717, 1.165) is 16.2 Å². The predicted octanol–water partition coefficient (Wildman–Crippen LogP) is 3.27. The van der Waals surface area contributed by atoms with Gasteiger partial charge in [-0.15, -0.1) is 0 Å². The lowest BCUT2D eigenvalue weighted by Gasteiger charge is -2.13. The number of aromatic nitrogens is 1. The number of halogens is 2. The molecule has 3 nitrogen and oxygen atoms in total. The molecule has 0 saturated heterocycles. The Morgan fingerprint density at radius 3 is 2.89 bits per heavy atom. The van der Waals surface area contributed by atoms with Gasteiger partial charge >= 0.3 is 0 Å². The summed E-state index contributed by atoms with van der Waals surface area (Å²) < 4.78 is 19.5. The van der Waals surface area contributed by atoms with Gasteiger partial charge < -0.3 is 9.84 Å². The van der Waals surface area contributed by atoms with Crippen LogP contribution in [0.4, 0.5) is 4.39 Å². The standard InChI is InChI=1S/C14H13BrFNO2/c1-19-10-2-3-12(15)9(6-10)7-14(18)11-4-5-17-8-13(11)16/h2-6,8,14,18H,7H2,1H3. The largest absolute Gasteiger partial charge is 0.497 e. The van der Waals surface area contributed by atoms with Gasteiger partial charge in [-0.3, -0.25) is 4.98 Å². The zero-order valence-electron chi connectivity index (χ0n) is 10.3. The van der Waals surface area contributed by atoms with Crippen molar-refractivity contribution in [1.29, 1.82) is 0 Å². The number of ether oxygens (including phenoxy) is 1. The molecule has 1 unspecified atom stereocenters. The van der Waals surface area contributed by atoms with Gasteiger partial charge in [0.05, 0.1) is 19.4 Å². The number of aliphatic hydroxyl groups excluding tert-OH is 1. The molecule has 100 valence electrons. The molecule has 1 heterocycles. The first kappa shape index (κ1) is 14.0. The highest BCUT2D eigenvalue weighted by Gasteiger charge is 2.15. The van der Waals surface area contributed by atoms with Crippen LogP contribution in [0.2, 0.25) is 0 Å². The third-order valence-corrected chi connectivity index (χ3v) is 3.60. The lowest BCUT2D eigenvalue weighted by Crippen LogP contribution is -2.05. The van der Waals surface area contributed by atoms with E-state index in [0.29, 0.717) is 12.2 Å². The van der Waals surface area contributed by atoms with Gasteiger partial charge in [-0.25, -0.2) is 4.39 Å². The van der Waals surface area contributed by atoms with Crippen LogP contribution in [0.25, 0.3) is 0 Å². The third kappa shape index (κ3) is 3.30. The summed E-state index contributed by atoms with van der Waals surface area (Å²) in [6.07, 6.45) is 1.92. The normalized spacial score (nSPS) is 12.2. The highest BCUT2D eigenvalue weighted by Crippen LogP contribution is 2.28. The van der Waals surface area contributed by atoms with Crippen LogP contribution in [0.3, 0.4) is 0 Å². The Morgan fingerprint density at radius 1 is 1.42 bits per heavy atom. The van der Waals surface area contributed by atoms with Gasteiger partial charge in [-0.05, 0) is 29.8 Å². The minimum absolute atomic E-state index is 0.240. The predicted molar refractivity (Wildman–Crippen MR) is 73.6 cm³/mol. The zero-order valence-corrected chi connectivity index (χ0v) is 11.9. The van der Waals surface area contributed by atoms with Crippen molar-refractivity contribution in [3.05, 3.63) is 58.1 Å². The number of aliphatic hydroxyl groups is 1. The van der Waals surface area contributed by atoms with Gasteiger partial charge in [0, 0.05) is 22.7 Å². The Morgan fingerprint density at radius 2 is 2.21 bits per heavy atom. The molecule has 2 aromatic rings. The number of methoxy groups -OCH3 is 1. The molecule has 0 saturated carbocycles. The molecule has 0 aliphatic rings. The summed E-state index contributed by atoms with van der Waals surface area (Å²) in [7, 11) is 1.58. The van der Waals surface area contributed by atoms with Gasteiger partial charge in [-0.2, -0.15) is 0 Å². The van der Waals surface area contributed by atoms with E-state index in [4.69, 9.17) is 4.74 Å². The third-order valence-electron chi connectivity index (χ3n) is 2.83. The van der Waals surface area contributed by atoms with E-state index in [2.05, 4.69) is 20.9 Å². The molecule has 0 aliphatic carbocycles. The molecule has 1 atom stereocenters. The molecular weight excluding hydrogens is 313 g/mol. The lowest BCUT2D eigenvalue weighted by atomic mass is 10.0. The molecule has 19 heavy (non-hydrogen) atoms. The minimum atomic E-state index is -0.925. The number of pyridine rings is 1. The van der Waals surface area contributed by atoms with Crippen LogP contribution in [-0.2, 0) is 6.42 Å². The number of rotatable bonds is 4. The van der Waals surface area contributed by atoms with E-state index in [1.165, 1.54) is 12.3 Å². The molecular formula is C14H13BrFNO2. The van der Waals surface area contributed by atoms with E-state index >= 15 is 0 Å².